The molecule has 228 valence electrons. The van der Waals surface area contributed by atoms with Gasteiger partial charge in [-0.3, -0.25) is 14.2 Å². The molecule has 2 rings (SSSR count). The molecule has 3 atom stereocenters. The van der Waals surface area contributed by atoms with E-state index >= 15 is 0 Å². The van der Waals surface area contributed by atoms with Crippen molar-refractivity contribution in [3.8, 4) is 0 Å². The number of carbonyl (C=O) groups is 3. The second kappa shape index (κ2) is 15.6. The Hall–Kier alpha value is -3.29. The van der Waals surface area contributed by atoms with Crippen LogP contribution in [-0.2, 0) is 25.8 Å². The van der Waals surface area contributed by atoms with Crippen LogP contribution in [0.5, 0.6) is 0 Å². The molecule has 4 N–H and O–H groups in total. The molecule has 1 heterocycles. The van der Waals surface area contributed by atoms with Crippen LogP contribution in [0.2, 0.25) is 25.7 Å². The summed E-state index contributed by atoms with van der Waals surface area (Å²) in [4.78, 5) is 37.9. The van der Waals surface area contributed by atoms with E-state index in [4.69, 9.17) is 9.47 Å². The van der Waals surface area contributed by atoms with Crippen LogP contribution in [0.3, 0.4) is 0 Å². The molecule has 0 aliphatic heterocycles. The first-order chi connectivity index (χ1) is 19.2. The van der Waals surface area contributed by atoms with Crippen LogP contribution < -0.4 is 16.0 Å². The number of aromatic nitrogens is 3. The lowest BCUT2D eigenvalue weighted by molar-refractivity contribution is -0.133. The summed E-state index contributed by atoms with van der Waals surface area (Å²) < 4.78 is 12.8. The Labute approximate surface area is 243 Å². The predicted molar refractivity (Wildman–Crippen MR) is 158 cm³/mol. The third-order valence-corrected chi connectivity index (χ3v) is 7.65. The molecule has 0 bridgehead atoms. The van der Waals surface area contributed by atoms with Gasteiger partial charge in [-0.2, -0.15) is 0 Å². The van der Waals surface area contributed by atoms with Crippen LogP contribution in [-0.4, -0.2) is 76.8 Å². The largest absolute Gasteiger partial charge is 0.444 e. The Bertz CT molecular complexity index is 1120. The highest BCUT2D eigenvalue weighted by atomic mass is 28.3. The monoisotopic (exact) mass is 590 g/mol. The van der Waals surface area contributed by atoms with Gasteiger partial charge in [-0.25, -0.2) is 4.79 Å². The molecule has 12 nitrogen and oxygen atoms in total. The predicted octanol–water partition coefficient (Wildman–Crippen LogP) is 2.97. The van der Waals surface area contributed by atoms with Gasteiger partial charge in [0, 0.05) is 14.7 Å². The Kier molecular flexibility index (Phi) is 12.9. The molecular formula is C28H46N6O6Si. The maximum absolute atomic E-state index is 13.0. The molecule has 0 fully saturated rings. The summed E-state index contributed by atoms with van der Waals surface area (Å²) in [5.74, 6) is -0.806. The van der Waals surface area contributed by atoms with Crippen molar-refractivity contribution in [2.75, 3.05) is 13.2 Å². The Morgan fingerprint density at radius 2 is 1.78 bits per heavy atom. The summed E-state index contributed by atoms with van der Waals surface area (Å²) in [6.45, 7) is 14.3. The number of amides is 3. The van der Waals surface area contributed by atoms with Crippen molar-refractivity contribution < 1.29 is 29.0 Å². The maximum Gasteiger partial charge on any atom is 0.407 e. The lowest BCUT2D eigenvalue weighted by atomic mass is 10.1. The highest BCUT2D eigenvalue weighted by Gasteiger charge is 2.30. The van der Waals surface area contributed by atoms with Crippen molar-refractivity contribution in [2.24, 2.45) is 0 Å². The van der Waals surface area contributed by atoms with E-state index in [1.807, 2.05) is 37.3 Å². The average molecular weight is 591 g/mol. The highest BCUT2D eigenvalue weighted by molar-refractivity contribution is 6.76. The topological polar surface area (TPSA) is 157 Å². The van der Waals surface area contributed by atoms with Crippen molar-refractivity contribution in [1.82, 2.24) is 30.7 Å². The van der Waals surface area contributed by atoms with Gasteiger partial charge in [-0.15, -0.1) is 10.2 Å². The minimum Gasteiger partial charge on any atom is -0.444 e. The smallest absolute Gasteiger partial charge is 0.407 e. The van der Waals surface area contributed by atoms with Crippen LogP contribution >= 0.6 is 0 Å². The zero-order valence-corrected chi connectivity index (χ0v) is 26.3. The minimum absolute atomic E-state index is 0.235. The lowest BCUT2D eigenvalue weighted by Gasteiger charge is -2.26. The van der Waals surface area contributed by atoms with Gasteiger partial charge in [0.05, 0.1) is 12.6 Å². The molecule has 0 saturated carbocycles. The third-order valence-electron chi connectivity index (χ3n) is 5.94. The number of rotatable bonds is 15. The lowest BCUT2D eigenvalue weighted by Crippen LogP contribution is -2.52. The first-order valence-corrected chi connectivity index (χ1v) is 17.7. The van der Waals surface area contributed by atoms with Gasteiger partial charge >= 0.3 is 6.09 Å². The molecule has 41 heavy (non-hydrogen) atoms. The van der Waals surface area contributed by atoms with Gasteiger partial charge in [0.25, 0.3) is 5.91 Å². The molecule has 3 amide bonds. The fourth-order valence-corrected chi connectivity index (χ4v) is 4.57. The molecule has 2 aromatic rings. The summed E-state index contributed by atoms with van der Waals surface area (Å²) in [7, 11) is -1.25. The summed E-state index contributed by atoms with van der Waals surface area (Å²) in [6, 6.07) is 8.76. The van der Waals surface area contributed by atoms with Crippen molar-refractivity contribution >= 4 is 26.0 Å². The summed E-state index contributed by atoms with van der Waals surface area (Å²) >= 11 is 0. The number of benzene rings is 1. The molecule has 0 saturated heterocycles. The zero-order chi connectivity index (χ0) is 30.6. The average Bonchev–Trinajstić information content (AvgIpc) is 3.34. The number of carbonyl (C=O) groups excluding carboxylic acids is 3. The zero-order valence-electron chi connectivity index (χ0n) is 25.3. The quantitative estimate of drug-likeness (QED) is 0.182. The first-order valence-electron chi connectivity index (χ1n) is 13.9. The second-order valence-electron chi connectivity index (χ2n) is 12.1. The molecule has 1 aromatic heterocycles. The molecule has 0 spiro atoms. The minimum atomic E-state index is -1.57. The molecule has 3 unspecified atom stereocenters. The number of aliphatic hydroxyl groups is 1. The summed E-state index contributed by atoms with van der Waals surface area (Å²) in [6.07, 6.45) is 0.185. The molecule has 0 radical (unpaired) electrons. The van der Waals surface area contributed by atoms with Gasteiger partial charge in [0.15, 0.2) is 11.9 Å². The Morgan fingerprint density at radius 3 is 2.39 bits per heavy atom. The fourth-order valence-electron chi connectivity index (χ4n) is 3.82. The fraction of sp³-hybridized carbons (Fsp3) is 0.607. The van der Waals surface area contributed by atoms with E-state index in [0.29, 0.717) is 25.3 Å². The number of alkyl carbamates (subject to hydrolysis) is 1. The van der Waals surface area contributed by atoms with Crippen molar-refractivity contribution in [2.45, 2.75) is 96.7 Å². The van der Waals surface area contributed by atoms with E-state index in [2.05, 4.69) is 45.8 Å². The van der Waals surface area contributed by atoms with E-state index in [0.717, 1.165) is 11.6 Å². The van der Waals surface area contributed by atoms with Gasteiger partial charge in [-0.1, -0.05) is 63.3 Å². The third kappa shape index (κ3) is 12.4. The normalized spacial score (nSPS) is 14.0. The van der Waals surface area contributed by atoms with Crippen LogP contribution in [0.1, 0.15) is 58.0 Å². The highest BCUT2D eigenvalue weighted by Crippen LogP contribution is 2.20. The van der Waals surface area contributed by atoms with Crippen molar-refractivity contribution in [1.29, 1.82) is 0 Å². The van der Waals surface area contributed by atoms with Crippen LogP contribution in [0.4, 0.5) is 4.79 Å². The molecule has 0 aliphatic rings. The van der Waals surface area contributed by atoms with E-state index in [1.165, 1.54) is 0 Å². The molecule has 0 aliphatic carbocycles. The number of nitrogens with zero attached hydrogens (tertiary/aromatic N) is 3. The van der Waals surface area contributed by atoms with Gasteiger partial charge < -0.3 is 30.5 Å². The van der Waals surface area contributed by atoms with E-state index < -0.39 is 56.3 Å². The maximum atomic E-state index is 13.0. The van der Waals surface area contributed by atoms with E-state index in [9.17, 15) is 19.5 Å². The number of hydrogen-bond donors (Lipinski definition) is 4. The van der Waals surface area contributed by atoms with Crippen LogP contribution in [0, 0.1) is 0 Å². The summed E-state index contributed by atoms with van der Waals surface area (Å²) in [5, 5.41) is 26.8. The standard InChI is InChI=1S/C28H46N6O6Si/c1-8-12-21(31-27(38)40-28(2,3)4)24(36)26(37)29-17-22(35)32-23(20-13-10-9-11-14-20)25-33-30-18-34(25)19-39-15-16-41(5,6)7/h9-11,13-14,18,21,23-24,36H,8,12,15-17,19H2,1-7H3,(H,29,37)(H,31,38)(H,32,35). The van der Waals surface area contributed by atoms with Gasteiger partial charge in [0.2, 0.25) is 5.91 Å². The number of aliphatic hydroxyl groups excluding tert-OH is 1. The van der Waals surface area contributed by atoms with Gasteiger partial charge in [0.1, 0.15) is 24.7 Å². The van der Waals surface area contributed by atoms with Gasteiger partial charge in [-0.05, 0) is 38.8 Å². The SMILES string of the molecule is CCCC(NC(=O)OC(C)(C)C)C(O)C(=O)NCC(=O)NC(c1ccccc1)c1nncn1COCC[Si](C)(C)C. The number of nitrogens with one attached hydrogen (secondary N) is 3. The van der Waals surface area contributed by atoms with Crippen molar-refractivity contribution in [3.63, 3.8) is 0 Å². The Balaban J connectivity index is 2.05. The Morgan fingerprint density at radius 1 is 1.10 bits per heavy atom. The van der Waals surface area contributed by atoms with Crippen LogP contribution in [0.25, 0.3) is 0 Å². The van der Waals surface area contributed by atoms with E-state index in [-0.39, 0.29) is 6.73 Å². The first kappa shape index (κ1) is 33.9. The number of hydrogen-bond acceptors (Lipinski definition) is 8. The molecule has 13 heteroatoms. The second-order valence-corrected chi connectivity index (χ2v) is 17.7. The number of ether oxygens (including phenoxy) is 2. The molecular weight excluding hydrogens is 544 g/mol. The van der Waals surface area contributed by atoms with E-state index in [1.54, 1.807) is 31.7 Å². The van der Waals surface area contributed by atoms with Crippen LogP contribution in [0.15, 0.2) is 36.7 Å². The summed E-state index contributed by atoms with van der Waals surface area (Å²) in [5.41, 5.74) is 0.0410. The molecule has 1 aromatic carbocycles. The van der Waals surface area contributed by atoms with Crippen molar-refractivity contribution in [3.05, 3.63) is 48.0 Å².